The smallest absolute Gasteiger partial charge is 0.167 e. The van der Waals surface area contributed by atoms with Crippen molar-refractivity contribution in [2.45, 2.75) is 39.3 Å². The topological polar surface area (TPSA) is 68.5 Å². The molecule has 6 heteroatoms. The van der Waals surface area contributed by atoms with Gasteiger partial charge in [-0.25, -0.2) is 4.63 Å². The van der Waals surface area contributed by atoms with Gasteiger partial charge >= 0.3 is 0 Å². The summed E-state index contributed by atoms with van der Waals surface area (Å²) in [6, 6.07) is 13.5. The van der Waals surface area contributed by atoms with Crippen molar-refractivity contribution in [2.75, 3.05) is 13.1 Å². The molecule has 2 heterocycles. The summed E-state index contributed by atoms with van der Waals surface area (Å²) in [5, 5.41) is 7.76. The predicted molar refractivity (Wildman–Crippen MR) is 106 cm³/mol. The number of ketones is 1. The van der Waals surface area contributed by atoms with Crippen LogP contribution in [-0.4, -0.2) is 40.2 Å². The molecule has 0 N–H and O–H groups in total. The molecule has 1 aromatic heterocycles. The first-order valence-electron chi connectivity index (χ1n) is 9.83. The number of Topliss-reactive ketones (excluding diaryl/α,β-unsaturated/α-hetero) is 1. The lowest BCUT2D eigenvalue weighted by Gasteiger charge is -2.32. The Morgan fingerprint density at radius 1 is 1.21 bits per heavy atom. The van der Waals surface area contributed by atoms with Gasteiger partial charge in [-0.2, -0.15) is 0 Å². The van der Waals surface area contributed by atoms with E-state index < -0.39 is 0 Å². The number of benzene rings is 2. The van der Waals surface area contributed by atoms with Crippen LogP contribution in [0.1, 0.15) is 42.6 Å². The van der Waals surface area contributed by atoms with E-state index in [1.54, 1.807) is 0 Å². The molecular weight excluding hydrogens is 354 g/mol. The number of hydrogen-bond donors (Lipinski definition) is 0. The van der Waals surface area contributed by atoms with E-state index >= 15 is 0 Å². The molecule has 1 aliphatic rings. The van der Waals surface area contributed by atoms with Crippen molar-refractivity contribution >= 4 is 16.8 Å². The van der Waals surface area contributed by atoms with Gasteiger partial charge in [0.2, 0.25) is 0 Å². The van der Waals surface area contributed by atoms with Crippen molar-refractivity contribution in [3.8, 4) is 5.75 Å². The highest BCUT2D eigenvalue weighted by Crippen LogP contribution is 2.25. The molecule has 1 fully saturated rings. The zero-order valence-electron chi connectivity index (χ0n) is 16.3. The van der Waals surface area contributed by atoms with E-state index in [1.807, 2.05) is 56.3 Å². The second-order valence-electron chi connectivity index (χ2n) is 7.72. The number of nitrogens with zero attached hydrogens (tertiary/aromatic N) is 3. The van der Waals surface area contributed by atoms with E-state index in [-0.39, 0.29) is 17.8 Å². The van der Waals surface area contributed by atoms with E-state index in [1.165, 1.54) is 0 Å². The van der Waals surface area contributed by atoms with E-state index in [2.05, 4.69) is 15.2 Å². The van der Waals surface area contributed by atoms with Crippen LogP contribution in [0.15, 0.2) is 47.1 Å². The van der Waals surface area contributed by atoms with Crippen LogP contribution in [0, 0.1) is 5.92 Å². The summed E-state index contributed by atoms with van der Waals surface area (Å²) in [5.41, 5.74) is 3.42. The van der Waals surface area contributed by atoms with Gasteiger partial charge in [0.25, 0.3) is 0 Å². The molecule has 0 aliphatic carbocycles. The monoisotopic (exact) mass is 379 g/mol. The standard InChI is InChI=1S/C22H25N3O3/c1-15(2)27-19-7-3-5-17(12-19)22(26)18-6-4-10-25(14-18)13-16-8-9-20-21(11-16)24-28-23-20/h3,5,7-9,11-12,15,18H,4,6,10,13-14H2,1-2H3/t18-/m0/s1. The summed E-state index contributed by atoms with van der Waals surface area (Å²) in [7, 11) is 0. The van der Waals surface area contributed by atoms with Crippen LogP contribution in [0.25, 0.3) is 11.0 Å². The van der Waals surface area contributed by atoms with Crippen LogP contribution < -0.4 is 4.74 Å². The summed E-state index contributed by atoms with van der Waals surface area (Å²) < 4.78 is 10.5. The maximum Gasteiger partial charge on any atom is 0.167 e. The molecule has 0 amide bonds. The summed E-state index contributed by atoms with van der Waals surface area (Å²) >= 11 is 0. The molecule has 0 radical (unpaired) electrons. The summed E-state index contributed by atoms with van der Waals surface area (Å²) in [6.45, 7) is 6.53. The van der Waals surface area contributed by atoms with Gasteiger partial charge in [-0.3, -0.25) is 9.69 Å². The molecular formula is C22H25N3O3. The molecule has 146 valence electrons. The van der Waals surface area contributed by atoms with Gasteiger partial charge in [0.1, 0.15) is 16.8 Å². The van der Waals surface area contributed by atoms with Crippen LogP contribution in [0.2, 0.25) is 0 Å². The minimum absolute atomic E-state index is 0.0144. The SMILES string of the molecule is CC(C)Oc1cccc(C(=O)[C@H]2CCCN(Cc3ccc4nonc4c3)C2)c1. The second kappa shape index (κ2) is 8.10. The van der Waals surface area contributed by atoms with E-state index in [0.717, 1.165) is 60.4 Å². The average Bonchev–Trinajstić information content (AvgIpc) is 3.15. The number of carbonyl (C=O) groups excluding carboxylic acids is 1. The van der Waals surface area contributed by atoms with Crippen LogP contribution >= 0.6 is 0 Å². The number of likely N-dealkylation sites (tertiary alicyclic amines) is 1. The number of piperidine rings is 1. The van der Waals surface area contributed by atoms with E-state index in [0.29, 0.717) is 0 Å². The first kappa shape index (κ1) is 18.6. The Kier molecular flexibility index (Phi) is 5.39. The van der Waals surface area contributed by atoms with Gasteiger partial charge in [0.05, 0.1) is 6.10 Å². The minimum Gasteiger partial charge on any atom is -0.491 e. The van der Waals surface area contributed by atoms with E-state index in [9.17, 15) is 4.79 Å². The van der Waals surface area contributed by atoms with Crippen molar-refractivity contribution in [3.05, 3.63) is 53.6 Å². The van der Waals surface area contributed by atoms with Crippen molar-refractivity contribution in [1.29, 1.82) is 0 Å². The lowest BCUT2D eigenvalue weighted by atomic mass is 9.89. The largest absolute Gasteiger partial charge is 0.491 e. The van der Waals surface area contributed by atoms with Crippen LogP contribution in [0.4, 0.5) is 0 Å². The summed E-state index contributed by atoms with van der Waals surface area (Å²) in [6.07, 6.45) is 2.04. The Labute approximate surface area is 164 Å². The Morgan fingerprint density at radius 2 is 2.07 bits per heavy atom. The van der Waals surface area contributed by atoms with Crippen LogP contribution in [0.3, 0.4) is 0 Å². The normalized spacial score (nSPS) is 17.9. The van der Waals surface area contributed by atoms with Gasteiger partial charge < -0.3 is 4.74 Å². The lowest BCUT2D eigenvalue weighted by molar-refractivity contribution is 0.0811. The van der Waals surface area contributed by atoms with Crippen LogP contribution in [-0.2, 0) is 6.54 Å². The molecule has 0 spiro atoms. The van der Waals surface area contributed by atoms with Crippen molar-refractivity contribution in [3.63, 3.8) is 0 Å². The first-order valence-corrected chi connectivity index (χ1v) is 9.83. The maximum absolute atomic E-state index is 13.1. The highest BCUT2D eigenvalue weighted by Gasteiger charge is 2.27. The highest BCUT2D eigenvalue weighted by atomic mass is 16.6. The number of carbonyl (C=O) groups is 1. The molecule has 1 atom stereocenters. The maximum atomic E-state index is 13.1. The lowest BCUT2D eigenvalue weighted by Crippen LogP contribution is -2.38. The molecule has 0 saturated carbocycles. The van der Waals surface area contributed by atoms with Crippen molar-refractivity contribution in [2.24, 2.45) is 5.92 Å². The molecule has 0 bridgehead atoms. The summed E-state index contributed by atoms with van der Waals surface area (Å²) in [5.74, 6) is 0.971. The average molecular weight is 379 g/mol. The predicted octanol–water partition coefficient (Wildman–Crippen LogP) is 4.10. The van der Waals surface area contributed by atoms with Crippen LogP contribution in [0.5, 0.6) is 5.75 Å². The third-order valence-electron chi connectivity index (χ3n) is 5.09. The van der Waals surface area contributed by atoms with Gasteiger partial charge in [0.15, 0.2) is 5.78 Å². The number of hydrogen-bond acceptors (Lipinski definition) is 6. The highest BCUT2D eigenvalue weighted by molar-refractivity contribution is 5.98. The molecule has 28 heavy (non-hydrogen) atoms. The molecule has 2 aromatic carbocycles. The molecule has 1 aliphatic heterocycles. The fraction of sp³-hybridized carbons (Fsp3) is 0.409. The Bertz CT molecular complexity index is 966. The van der Waals surface area contributed by atoms with Crippen molar-refractivity contribution < 1.29 is 14.2 Å². The number of aromatic nitrogens is 2. The zero-order chi connectivity index (χ0) is 19.5. The number of fused-ring (bicyclic) bond motifs is 1. The fourth-order valence-corrected chi connectivity index (χ4v) is 3.83. The minimum atomic E-state index is 0.0144. The zero-order valence-corrected chi connectivity index (χ0v) is 16.3. The third kappa shape index (κ3) is 4.22. The third-order valence-corrected chi connectivity index (χ3v) is 5.09. The van der Waals surface area contributed by atoms with Gasteiger partial charge in [-0.05, 0) is 73.4 Å². The molecule has 0 unspecified atom stereocenters. The quantitative estimate of drug-likeness (QED) is 0.601. The van der Waals surface area contributed by atoms with Gasteiger partial charge in [-0.15, -0.1) is 0 Å². The Morgan fingerprint density at radius 3 is 2.93 bits per heavy atom. The molecule has 3 aromatic rings. The second-order valence-corrected chi connectivity index (χ2v) is 7.72. The number of ether oxygens (including phenoxy) is 1. The Balaban J connectivity index is 1.43. The summed E-state index contributed by atoms with van der Waals surface area (Å²) in [4.78, 5) is 15.4. The van der Waals surface area contributed by atoms with Gasteiger partial charge in [0, 0.05) is 24.6 Å². The molecule has 6 nitrogen and oxygen atoms in total. The fourth-order valence-electron chi connectivity index (χ4n) is 3.83. The number of rotatable bonds is 6. The van der Waals surface area contributed by atoms with Crippen molar-refractivity contribution in [1.82, 2.24) is 15.2 Å². The first-order chi connectivity index (χ1) is 13.6. The van der Waals surface area contributed by atoms with E-state index in [4.69, 9.17) is 9.37 Å². The molecule has 1 saturated heterocycles. The van der Waals surface area contributed by atoms with Gasteiger partial charge in [-0.1, -0.05) is 18.2 Å². The molecule has 4 rings (SSSR count). The Hall–Kier alpha value is -2.73.